The van der Waals surface area contributed by atoms with Crippen molar-refractivity contribution >= 4 is 17.7 Å². The molecule has 1 unspecified atom stereocenters. The molecule has 0 saturated carbocycles. The van der Waals surface area contributed by atoms with Crippen LogP contribution in [0.3, 0.4) is 0 Å². The van der Waals surface area contributed by atoms with Crippen LogP contribution in [0.4, 0.5) is 0 Å². The molecular weight excluding hydrogens is 584 g/mol. The molecule has 0 N–H and O–H groups in total. The summed E-state index contributed by atoms with van der Waals surface area (Å²) in [5.74, 6) is -2.39. The van der Waals surface area contributed by atoms with Gasteiger partial charge in [0.15, 0.2) is 0 Å². The van der Waals surface area contributed by atoms with Gasteiger partial charge >= 0.3 is 11.9 Å². The van der Waals surface area contributed by atoms with Crippen molar-refractivity contribution < 1.29 is 24.2 Å². The van der Waals surface area contributed by atoms with Gasteiger partial charge in [-0.15, -0.1) is 0 Å². The summed E-state index contributed by atoms with van der Waals surface area (Å²) in [6.07, 6.45) is 41.6. The van der Waals surface area contributed by atoms with Gasteiger partial charge in [0.2, 0.25) is 5.78 Å². The van der Waals surface area contributed by atoms with Crippen LogP contribution in [0.25, 0.3) is 0 Å². The van der Waals surface area contributed by atoms with Gasteiger partial charge in [-0.05, 0) is 19.3 Å². The number of carbonyl (C=O) groups excluding carboxylic acids is 3. The van der Waals surface area contributed by atoms with Gasteiger partial charge in [0.25, 0.3) is 0 Å². The van der Waals surface area contributed by atoms with E-state index < -0.39 is 17.7 Å². The third-order valence-electron chi connectivity index (χ3n) is 9.83. The smallest absolute Gasteiger partial charge is 0.287 e. The van der Waals surface area contributed by atoms with Crippen LogP contribution in [0, 0.1) is 5.92 Å². The van der Waals surface area contributed by atoms with Crippen molar-refractivity contribution in [1.82, 2.24) is 0 Å². The van der Waals surface area contributed by atoms with E-state index in [0.29, 0.717) is 6.42 Å². The van der Waals surface area contributed by atoms with Crippen LogP contribution in [-0.4, -0.2) is 17.7 Å². The highest BCUT2D eigenvalue weighted by atomic mass is 17.2. The van der Waals surface area contributed by atoms with Gasteiger partial charge in [0, 0.05) is 6.42 Å². The Morgan fingerprint density at radius 1 is 0.362 bits per heavy atom. The van der Waals surface area contributed by atoms with E-state index in [-0.39, 0.29) is 12.3 Å². The molecule has 0 amide bonds. The van der Waals surface area contributed by atoms with Gasteiger partial charge in [0.1, 0.15) is 0 Å². The van der Waals surface area contributed by atoms with E-state index in [2.05, 4.69) is 20.8 Å². The summed E-state index contributed by atoms with van der Waals surface area (Å²) in [4.78, 5) is 46.9. The number of ketones is 1. The molecule has 0 aromatic heterocycles. The van der Waals surface area contributed by atoms with Crippen molar-refractivity contribution in [3.8, 4) is 0 Å². The summed E-state index contributed by atoms with van der Waals surface area (Å²) in [5, 5.41) is 0. The maximum Gasteiger partial charge on any atom is 0.421 e. The number of hydrogen-bond donors (Lipinski definition) is 0. The average molecular weight is 665 g/mol. The zero-order valence-corrected chi connectivity index (χ0v) is 31.9. The molecule has 0 aliphatic carbocycles. The van der Waals surface area contributed by atoms with Gasteiger partial charge in [-0.1, -0.05) is 220 Å². The van der Waals surface area contributed by atoms with Crippen LogP contribution in [0.2, 0.25) is 0 Å². The molecule has 47 heavy (non-hydrogen) atoms. The van der Waals surface area contributed by atoms with Crippen molar-refractivity contribution in [2.45, 2.75) is 245 Å². The first-order valence-electron chi connectivity index (χ1n) is 21.0. The average Bonchev–Trinajstić information content (AvgIpc) is 3.08. The third kappa shape index (κ3) is 32.9. The van der Waals surface area contributed by atoms with E-state index in [9.17, 15) is 14.4 Å². The lowest BCUT2D eigenvalue weighted by Crippen LogP contribution is -2.24. The van der Waals surface area contributed by atoms with Crippen molar-refractivity contribution in [2.75, 3.05) is 0 Å². The SMILES string of the molecule is CCCCCCCCCCCCCCCCC(=O)C(=O)OOC(=O)C(CCCCCC)CCCCCCCCCCCCCCCC. The van der Waals surface area contributed by atoms with Crippen LogP contribution >= 0.6 is 0 Å². The molecule has 0 fully saturated rings. The van der Waals surface area contributed by atoms with Gasteiger partial charge in [-0.25, -0.2) is 19.4 Å². The van der Waals surface area contributed by atoms with Gasteiger partial charge in [-0.3, -0.25) is 4.79 Å². The van der Waals surface area contributed by atoms with Crippen LogP contribution in [0.1, 0.15) is 245 Å². The normalized spacial score (nSPS) is 11.9. The van der Waals surface area contributed by atoms with E-state index in [4.69, 9.17) is 9.78 Å². The molecule has 0 bridgehead atoms. The fraction of sp³-hybridized carbons (Fsp3) is 0.929. The lowest BCUT2D eigenvalue weighted by atomic mass is 9.94. The zero-order valence-electron chi connectivity index (χ0n) is 31.9. The zero-order chi connectivity index (χ0) is 34.5. The lowest BCUT2D eigenvalue weighted by Gasteiger charge is -2.14. The predicted octanol–water partition coefficient (Wildman–Crippen LogP) is 13.9. The van der Waals surface area contributed by atoms with E-state index >= 15 is 0 Å². The van der Waals surface area contributed by atoms with E-state index in [0.717, 1.165) is 64.2 Å². The molecule has 278 valence electrons. The first-order chi connectivity index (χ1) is 23.1. The summed E-state index contributed by atoms with van der Waals surface area (Å²) in [5.41, 5.74) is 0. The predicted molar refractivity (Wildman–Crippen MR) is 199 cm³/mol. The summed E-state index contributed by atoms with van der Waals surface area (Å²) in [7, 11) is 0. The standard InChI is InChI=1S/C42H80O5/c1-4-7-10-13-15-17-19-21-23-25-27-29-31-34-37-39(36-33-12-9-6-3)41(44)46-47-42(45)40(43)38-35-32-30-28-26-24-22-20-18-16-14-11-8-5-2/h39H,4-38H2,1-3H3. The molecule has 0 heterocycles. The minimum absolute atomic E-state index is 0.161. The summed E-state index contributed by atoms with van der Waals surface area (Å²) < 4.78 is 0. The van der Waals surface area contributed by atoms with Gasteiger partial charge in [0.05, 0.1) is 5.92 Å². The number of unbranched alkanes of at least 4 members (excludes halogenated alkanes) is 29. The molecule has 0 radical (unpaired) electrons. The van der Waals surface area contributed by atoms with Crippen LogP contribution < -0.4 is 0 Å². The van der Waals surface area contributed by atoms with Gasteiger partial charge in [-0.2, -0.15) is 0 Å². The fourth-order valence-corrected chi connectivity index (χ4v) is 6.56. The Balaban J connectivity index is 3.98. The molecule has 0 saturated heterocycles. The van der Waals surface area contributed by atoms with Crippen LogP contribution in [0.5, 0.6) is 0 Å². The first-order valence-corrected chi connectivity index (χ1v) is 21.0. The lowest BCUT2D eigenvalue weighted by molar-refractivity contribution is -0.260. The Hall–Kier alpha value is -1.39. The quantitative estimate of drug-likeness (QED) is 0.0286. The van der Waals surface area contributed by atoms with E-state index in [1.807, 2.05) is 0 Å². The maximum atomic E-state index is 12.8. The molecule has 1 atom stereocenters. The number of hydrogen-bond acceptors (Lipinski definition) is 5. The monoisotopic (exact) mass is 665 g/mol. The second-order valence-corrected chi connectivity index (χ2v) is 14.5. The largest absolute Gasteiger partial charge is 0.421 e. The topological polar surface area (TPSA) is 69.7 Å². The molecule has 0 spiro atoms. The number of carbonyl (C=O) groups is 3. The van der Waals surface area contributed by atoms with Crippen molar-refractivity contribution in [1.29, 1.82) is 0 Å². The van der Waals surface area contributed by atoms with Crippen LogP contribution in [0.15, 0.2) is 0 Å². The van der Waals surface area contributed by atoms with Crippen LogP contribution in [-0.2, 0) is 24.2 Å². The second-order valence-electron chi connectivity index (χ2n) is 14.5. The maximum absolute atomic E-state index is 12.8. The summed E-state index contributed by atoms with van der Waals surface area (Å²) >= 11 is 0. The van der Waals surface area contributed by atoms with Crippen molar-refractivity contribution in [2.24, 2.45) is 5.92 Å². The summed E-state index contributed by atoms with van der Waals surface area (Å²) in [6.45, 7) is 6.71. The molecular formula is C42H80O5. The third-order valence-corrected chi connectivity index (χ3v) is 9.83. The fourth-order valence-electron chi connectivity index (χ4n) is 6.56. The number of rotatable bonds is 37. The Bertz CT molecular complexity index is 691. The highest BCUT2D eigenvalue weighted by Gasteiger charge is 2.24. The van der Waals surface area contributed by atoms with Crippen molar-refractivity contribution in [3.05, 3.63) is 0 Å². The Kier molecular flexibility index (Phi) is 36.3. The molecule has 0 aromatic rings. The molecule has 0 rings (SSSR count). The molecule has 5 nitrogen and oxygen atoms in total. The minimum atomic E-state index is -1.03. The molecule has 5 heteroatoms. The molecule has 0 aromatic carbocycles. The van der Waals surface area contributed by atoms with E-state index in [1.54, 1.807) is 0 Å². The summed E-state index contributed by atoms with van der Waals surface area (Å²) in [6, 6.07) is 0. The number of Topliss-reactive ketones (excluding diaryl/α,β-unsaturated/α-hetero) is 1. The highest BCUT2D eigenvalue weighted by Crippen LogP contribution is 2.21. The van der Waals surface area contributed by atoms with E-state index in [1.165, 1.54) is 148 Å². The molecule has 0 aliphatic rings. The molecule has 0 aliphatic heterocycles. The highest BCUT2D eigenvalue weighted by molar-refractivity contribution is 6.33. The second kappa shape index (κ2) is 37.4. The van der Waals surface area contributed by atoms with Crippen molar-refractivity contribution in [3.63, 3.8) is 0 Å². The Morgan fingerprint density at radius 2 is 0.638 bits per heavy atom. The Morgan fingerprint density at radius 3 is 0.979 bits per heavy atom. The Labute approximate surface area is 292 Å². The first kappa shape index (κ1) is 45.6. The minimum Gasteiger partial charge on any atom is -0.287 e. The van der Waals surface area contributed by atoms with Gasteiger partial charge < -0.3 is 0 Å².